The van der Waals surface area contributed by atoms with Gasteiger partial charge in [-0.05, 0) is 56.7 Å². The summed E-state index contributed by atoms with van der Waals surface area (Å²) in [6, 6.07) is 8.05. The lowest BCUT2D eigenvalue weighted by Gasteiger charge is -2.12. The molecule has 100 valence electrons. The Morgan fingerprint density at radius 3 is 2.74 bits per heavy atom. The second-order valence-electron chi connectivity index (χ2n) is 4.95. The average Bonchev–Trinajstić information content (AvgIpc) is 3.02. The zero-order valence-corrected chi connectivity index (χ0v) is 11.8. The Bertz CT molecular complexity index is 626. The molecule has 0 aliphatic carbocycles. The Kier molecular flexibility index (Phi) is 3.48. The van der Waals surface area contributed by atoms with Gasteiger partial charge in [0.15, 0.2) is 0 Å². The standard InChI is InChI=1S/C14H17N3OS/c1-11-6-2-3-7-12(11)13-15-17(14(19)18-13)10-16-8-4-5-9-16/h2-3,6-7H,4-5,8-10H2,1H3. The summed E-state index contributed by atoms with van der Waals surface area (Å²) in [5.74, 6) is 0.613. The molecule has 0 N–H and O–H groups in total. The highest BCUT2D eigenvalue weighted by molar-refractivity contribution is 7.71. The lowest BCUT2D eigenvalue weighted by Crippen LogP contribution is -2.23. The fourth-order valence-corrected chi connectivity index (χ4v) is 2.61. The molecule has 0 saturated carbocycles. The molecular weight excluding hydrogens is 258 g/mol. The number of hydrogen-bond acceptors (Lipinski definition) is 4. The van der Waals surface area contributed by atoms with Gasteiger partial charge in [-0.15, -0.1) is 5.10 Å². The van der Waals surface area contributed by atoms with Crippen molar-refractivity contribution in [3.8, 4) is 11.5 Å². The van der Waals surface area contributed by atoms with Gasteiger partial charge in [0, 0.05) is 5.56 Å². The molecular formula is C14H17N3OS. The summed E-state index contributed by atoms with van der Waals surface area (Å²) < 4.78 is 7.41. The summed E-state index contributed by atoms with van der Waals surface area (Å²) in [5.41, 5.74) is 2.15. The van der Waals surface area contributed by atoms with E-state index in [1.54, 1.807) is 4.68 Å². The van der Waals surface area contributed by atoms with Crippen LogP contribution in [0.25, 0.3) is 11.5 Å². The zero-order chi connectivity index (χ0) is 13.2. The van der Waals surface area contributed by atoms with Gasteiger partial charge < -0.3 is 4.42 Å². The SMILES string of the molecule is Cc1ccccc1-c1nn(CN2CCCC2)c(=S)o1. The first-order valence-corrected chi connectivity index (χ1v) is 7.01. The predicted molar refractivity (Wildman–Crippen MR) is 76.3 cm³/mol. The van der Waals surface area contributed by atoms with Crippen molar-refractivity contribution in [1.29, 1.82) is 0 Å². The largest absolute Gasteiger partial charge is 0.409 e. The van der Waals surface area contributed by atoms with Crippen molar-refractivity contribution < 1.29 is 4.42 Å². The van der Waals surface area contributed by atoms with E-state index in [0.29, 0.717) is 10.7 Å². The van der Waals surface area contributed by atoms with Gasteiger partial charge in [0.1, 0.15) is 0 Å². The van der Waals surface area contributed by atoms with Crippen LogP contribution < -0.4 is 0 Å². The second kappa shape index (κ2) is 5.27. The number of aryl methyl sites for hydroxylation is 1. The van der Waals surface area contributed by atoms with Crippen LogP contribution in [-0.2, 0) is 6.67 Å². The number of rotatable bonds is 3. The highest BCUT2D eigenvalue weighted by Crippen LogP contribution is 2.22. The van der Waals surface area contributed by atoms with Crippen LogP contribution in [0.3, 0.4) is 0 Å². The van der Waals surface area contributed by atoms with E-state index in [1.165, 1.54) is 12.8 Å². The molecule has 1 fully saturated rings. The third kappa shape index (κ3) is 2.62. The number of hydrogen-bond donors (Lipinski definition) is 0. The Hall–Kier alpha value is -1.46. The summed E-state index contributed by atoms with van der Waals surface area (Å²) in [4.78, 5) is 2.80. The van der Waals surface area contributed by atoms with E-state index in [0.717, 1.165) is 30.9 Å². The summed E-state index contributed by atoms with van der Waals surface area (Å²) in [5, 5.41) is 4.51. The highest BCUT2D eigenvalue weighted by Gasteiger charge is 2.15. The lowest BCUT2D eigenvalue weighted by molar-refractivity contribution is 0.249. The number of nitrogens with zero attached hydrogens (tertiary/aromatic N) is 3. The number of likely N-dealkylation sites (tertiary alicyclic amines) is 1. The van der Waals surface area contributed by atoms with Gasteiger partial charge in [0.05, 0.1) is 6.67 Å². The van der Waals surface area contributed by atoms with E-state index < -0.39 is 0 Å². The van der Waals surface area contributed by atoms with E-state index in [9.17, 15) is 0 Å². The lowest BCUT2D eigenvalue weighted by atomic mass is 10.1. The molecule has 1 aromatic heterocycles. The third-order valence-electron chi connectivity index (χ3n) is 3.51. The van der Waals surface area contributed by atoms with Crippen molar-refractivity contribution in [3.63, 3.8) is 0 Å². The van der Waals surface area contributed by atoms with Gasteiger partial charge in [-0.1, -0.05) is 18.2 Å². The van der Waals surface area contributed by atoms with E-state index in [2.05, 4.69) is 10.00 Å². The highest BCUT2D eigenvalue weighted by atomic mass is 32.1. The molecule has 1 aromatic carbocycles. The molecule has 0 spiro atoms. The fraction of sp³-hybridized carbons (Fsp3) is 0.429. The van der Waals surface area contributed by atoms with Crippen LogP contribution in [0, 0.1) is 11.8 Å². The molecule has 5 heteroatoms. The quantitative estimate of drug-likeness (QED) is 0.805. The number of benzene rings is 1. The zero-order valence-electron chi connectivity index (χ0n) is 11.0. The van der Waals surface area contributed by atoms with Crippen molar-refractivity contribution >= 4 is 12.2 Å². The average molecular weight is 275 g/mol. The van der Waals surface area contributed by atoms with Crippen LogP contribution in [-0.4, -0.2) is 27.8 Å². The van der Waals surface area contributed by atoms with Crippen LogP contribution in [0.15, 0.2) is 28.7 Å². The second-order valence-corrected chi connectivity index (χ2v) is 5.30. The molecule has 19 heavy (non-hydrogen) atoms. The minimum absolute atomic E-state index is 0.449. The molecule has 3 rings (SSSR count). The van der Waals surface area contributed by atoms with Crippen LogP contribution in [0.5, 0.6) is 0 Å². The van der Waals surface area contributed by atoms with Crippen LogP contribution in [0.1, 0.15) is 18.4 Å². The Labute approximate surface area is 117 Å². The van der Waals surface area contributed by atoms with Crippen LogP contribution in [0.4, 0.5) is 0 Å². The summed E-state index contributed by atoms with van der Waals surface area (Å²) in [7, 11) is 0. The summed E-state index contributed by atoms with van der Waals surface area (Å²) in [6.07, 6.45) is 2.52. The molecule has 1 saturated heterocycles. The van der Waals surface area contributed by atoms with Gasteiger partial charge in [0.2, 0.25) is 5.89 Å². The fourth-order valence-electron chi connectivity index (χ4n) is 2.43. The van der Waals surface area contributed by atoms with E-state index in [1.807, 2.05) is 31.2 Å². The normalized spacial score (nSPS) is 16.1. The molecule has 0 unspecified atom stereocenters. The maximum Gasteiger partial charge on any atom is 0.288 e. The van der Waals surface area contributed by atoms with Crippen molar-refractivity contribution in [3.05, 3.63) is 34.7 Å². The monoisotopic (exact) mass is 275 g/mol. The van der Waals surface area contributed by atoms with Gasteiger partial charge >= 0.3 is 0 Å². The first-order chi connectivity index (χ1) is 9.24. The van der Waals surface area contributed by atoms with E-state index in [4.69, 9.17) is 16.6 Å². The molecule has 4 nitrogen and oxygen atoms in total. The first kappa shape index (κ1) is 12.6. The molecule has 1 aliphatic rings. The summed E-state index contributed by atoms with van der Waals surface area (Å²) >= 11 is 5.26. The van der Waals surface area contributed by atoms with Crippen LogP contribution in [0.2, 0.25) is 0 Å². The molecule has 1 aliphatic heterocycles. The topological polar surface area (TPSA) is 34.2 Å². The van der Waals surface area contributed by atoms with Gasteiger partial charge in [-0.25, -0.2) is 4.68 Å². The predicted octanol–water partition coefficient (Wildman–Crippen LogP) is 3.23. The molecule has 0 radical (unpaired) electrons. The Morgan fingerprint density at radius 1 is 1.26 bits per heavy atom. The molecule has 0 amide bonds. The van der Waals surface area contributed by atoms with Crippen LogP contribution >= 0.6 is 12.2 Å². The first-order valence-electron chi connectivity index (χ1n) is 6.60. The number of aromatic nitrogens is 2. The van der Waals surface area contributed by atoms with Gasteiger partial charge in [-0.2, -0.15) is 0 Å². The molecule has 0 bridgehead atoms. The van der Waals surface area contributed by atoms with Crippen molar-refractivity contribution in [2.75, 3.05) is 13.1 Å². The Balaban J connectivity index is 1.89. The smallest absolute Gasteiger partial charge is 0.288 e. The molecule has 2 aromatic rings. The third-order valence-corrected chi connectivity index (χ3v) is 3.81. The van der Waals surface area contributed by atoms with Crippen molar-refractivity contribution in [2.24, 2.45) is 0 Å². The van der Waals surface area contributed by atoms with E-state index >= 15 is 0 Å². The maximum atomic E-state index is 5.63. The molecule has 0 atom stereocenters. The van der Waals surface area contributed by atoms with E-state index in [-0.39, 0.29) is 0 Å². The minimum atomic E-state index is 0.449. The molecule has 2 heterocycles. The maximum absolute atomic E-state index is 5.63. The minimum Gasteiger partial charge on any atom is -0.409 e. The van der Waals surface area contributed by atoms with Gasteiger partial charge in [-0.3, -0.25) is 4.90 Å². The Morgan fingerprint density at radius 2 is 2.00 bits per heavy atom. The van der Waals surface area contributed by atoms with Crippen molar-refractivity contribution in [2.45, 2.75) is 26.4 Å². The summed E-state index contributed by atoms with van der Waals surface area (Å²) in [6.45, 7) is 5.02. The van der Waals surface area contributed by atoms with Crippen molar-refractivity contribution in [1.82, 2.24) is 14.7 Å². The van der Waals surface area contributed by atoms with Gasteiger partial charge in [0.25, 0.3) is 4.84 Å².